The van der Waals surface area contributed by atoms with E-state index in [2.05, 4.69) is 47.4 Å². The van der Waals surface area contributed by atoms with Crippen LogP contribution in [0.3, 0.4) is 0 Å². The second-order valence-electron chi connectivity index (χ2n) is 6.59. The first-order valence-corrected chi connectivity index (χ1v) is 9.09. The summed E-state index contributed by atoms with van der Waals surface area (Å²) in [6.07, 6.45) is 4.95. The Morgan fingerprint density at radius 1 is 1.04 bits per heavy atom. The summed E-state index contributed by atoms with van der Waals surface area (Å²) in [7, 11) is 0. The number of carbonyl (C=O) groups excluding carboxylic acids is 1. The Balaban J connectivity index is 1.55. The van der Waals surface area contributed by atoms with Crippen molar-refractivity contribution in [1.29, 1.82) is 0 Å². The molecule has 0 unspecified atom stereocenters. The van der Waals surface area contributed by atoms with E-state index in [0.29, 0.717) is 32.7 Å². The minimum absolute atomic E-state index is 0.203. The molecule has 0 atom stereocenters. The third kappa shape index (κ3) is 3.60. The first kappa shape index (κ1) is 16.7. The van der Waals surface area contributed by atoms with Crippen LogP contribution < -0.4 is 0 Å². The van der Waals surface area contributed by atoms with Crippen LogP contribution in [0.2, 0.25) is 0 Å². The molecule has 4 rings (SSSR count). The third-order valence-corrected chi connectivity index (χ3v) is 4.94. The van der Waals surface area contributed by atoms with Gasteiger partial charge in [-0.25, -0.2) is 0 Å². The SMILES string of the molecule is O=C(CCc1ccncc1-c1ccc2ccccc2c1)N1CCOCC1. The predicted molar refractivity (Wildman–Crippen MR) is 103 cm³/mol. The molecule has 1 amide bonds. The summed E-state index contributed by atoms with van der Waals surface area (Å²) in [5.74, 6) is 0.203. The van der Waals surface area contributed by atoms with Crippen LogP contribution >= 0.6 is 0 Å². The van der Waals surface area contributed by atoms with E-state index in [1.165, 1.54) is 10.8 Å². The molecule has 2 aromatic carbocycles. The van der Waals surface area contributed by atoms with E-state index in [4.69, 9.17) is 4.74 Å². The van der Waals surface area contributed by atoms with Crippen LogP contribution in [0.15, 0.2) is 60.9 Å². The zero-order valence-electron chi connectivity index (χ0n) is 14.7. The van der Waals surface area contributed by atoms with E-state index in [9.17, 15) is 4.79 Å². The molecule has 0 aliphatic carbocycles. The molecule has 1 aromatic heterocycles. The van der Waals surface area contributed by atoms with Gasteiger partial charge in [0, 0.05) is 37.5 Å². The zero-order valence-corrected chi connectivity index (χ0v) is 14.7. The lowest BCUT2D eigenvalue weighted by atomic mass is 9.96. The van der Waals surface area contributed by atoms with Crippen molar-refractivity contribution in [1.82, 2.24) is 9.88 Å². The van der Waals surface area contributed by atoms with Gasteiger partial charge >= 0.3 is 0 Å². The third-order valence-electron chi connectivity index (χ3n) is 4.94. The van der Waals surface area contributed by atoms with Crippen LogP contribution in [0.1, 0.15) is 12.0 Å². The number of aromatic nitrogens is 1. The lowest BCUT2D eigenvalue weighted by molar-refractivity contribution is -0.135. The molecule has 26 heavy (non-hydrogen) atoms. The minimum atomic E-state index is 0.203. The molecule has 1 fully saturated rings. The maximum atomic E-state index is 12.4. The van der Waals surface area contributed by atoms with Gasteiger partial charge in [-0.3, -0.25) is 9.78 Å². The Hall–Kier alpha value is -2.72. The van der Waals surface area contributed by atoms with Crippen LogP contribution in [-0.2, 0) is 16.0 Å². The van der Waals surface area contributed by atoms with E-state index in [0.717, 1.165) is 23.1 Å². The summed E-state index contributed by atoms with van der Waals surface area (Å²) in [5, 5.41) is 2.44. The van der Waals surface area contributed by atoms with Gasteiger partial charge in [0.25, 0.3) is 0 Å². The average Bonchev–Trinajstić information content (AvgIpc) is 2.72. The standard InChI is InChI=1S/C22H22N2O2/c25-22(24-11-13-26-14-12-24)8-7-18-9-10-23-16-21(18)20-6-5-17-3-1-2-4-19(17)15-20/h1-6,9-10,15-16H,7-8,11-14H2. The topological polar surface area (TPSA) is 42.4 Å². The Morgan fingerprint density at radius 3 is 2.69 bits per heavy atom. The molecule has 3 aromatic rings. The van der Waals surface area contributed by atoms with Crippen LogP contribution in [0.4, 0.5) is 0 Å². The minimum Gasteiger partial charge on any atom is -0.378 e. The maximum Gasteiger partial charge on any atom is 0.223 e. The number of nitrogens with zero attached hydrogens (tertiary/aromatic N) is 2. The lowest BCUT2D eigenvalue weighted by Crippen LogP contribution is -2.40. The fraction of sp³-hybridized carbons (Fsp3) is 0.273. The second kappa shape index (κ2) is 7.67. The molecule has 2 heterocycles. The summed E-state index contributed by atoms with van der Waals surface area (Å²) in [4.78, 5) is 18.7. The van der Waals surface area contributed by atoms with Crippen molar-refractivity contribution in [2.45, 2.75) is 12.8 Å². The Labute approximate surface area is 153 Å². The van der Waals surface area contributed by atoms with E-state index < -0.39 is 0 Å². The first-order chi connectivity index (χ1) is 12.8. The number of rotatable bonds is 4. The number of pyridine rings is 1. The summed E-state index contributed by atoms with van der Waals surface area (Å²) in [6.45, 7) is 2.69. The molecule has 4 heteroatoms. The summed E-state index contributed by atoms with van der Waals surface area (Å²) in [5.41, 5.74) is 3.41. The number of morpholine rings is 1. The van der Waals surface area contributed by atoms with Gasteiger partial charge in [-0.15, -0.1) is 0 Å². The van der Waals surface area contributed by atoms with Crippen LogP contribution in [0, 0.1) is 0 Å². The van der Waals surface area contributed by atoms with Gasteiger partial charge < -0.3 is 9.64 Å². The normalized spacial score (nSPS) is 14.5. The van der Waals surface area contributed by atoms with Crippen molar-refractivity contribution in [3.05, 3.63) is 66.5 Å². The molecule has 0 saturated carbocycles. The second-order valence-corrected chi connectivity index (χ2v) is 6.59. The molecular formula is C22H22N2O2. The first-order valence-electron chi connectivity index (χ1n) is 9.09. The molecule has 0 spiro atoms. The van der Waals surface area contributed by atoms with E-state index in [1.54, 1.807) is 6.20 Å². The molecule has 1 saturated heterocycles. The monoisotopic (exact) mass is 346 g/mol. The number of aryl methyl sites for hydroxylation is 1. The van der Waals surface area contributed by atoms with Gasteiger partial charge in [-0.1, -0.05) is 36.4 Å². The summed E-state index contributed by atoms with van der Waals surface area (Å²) in [6, 6.07) is 16.8. The molecule has 0 bridgehead atoms. The molecule has 132 valence electrons. The number of benzene rings is 2. The fourth-order valence-corrected chi connectivity index (χ4v) is 3.47. The summed E-state index contributed by atoms with van der Waals surface area (Å²) < 4.78 is 5.32. The van der Waals surface area contributed by atoms with Gasteiger partial charge in [0.2, 0.25) is 5.91 Å². The van der Waals surface area contributed by atoms with Gasteiger partial charge in [-0.2, -0.15) is 0 Å². The Morgan fingerprint density at radius 2 is 1.85 bits per heavy atom. The Bertz CT molecular complexity index is 917. The van der Waals surface area contributed by atoms with Crippen molar-refractivity contribution in [3.63, 3.8) is 0 Å². The highest BCUT2D eigenvalue weighted by Gasteiger charge is 2.17. The molecule has 4 nitrogen and oxygen atoms in total. The van der Waals surface area contributed by atoms with Gasteiger partial charge in [-0.05, 0) is 40.5 Å². The Kier molecular flexibility index (Phi) is 4.93. The van der Waals surface area contributed by atoms with E-state index >= 15 is 0 Å². The number of hydrogen-bond donors (Lipinski definition) is 0. The van der Waals surface area contributed by atoms with Crippen molar-refractivity contribution in [3.8, 4) is 11.1 Å². The van der Waals surface area contributed by atoms with Gasteiger partial charge in [0.15, 0.2) is 0 Å². The fourth-order valence-electron chi connectivity index (χ4n) is 3.47. The van der Waals surface area contributed by atoms with Crippen molar-refractivity contribution < 1.29 is 9.53 Å². The van der Waals surface area contributed by atoms with Gasteiger partial charge in [0.05, 0.1) is 13.2 Å². The van der Waals surface area contributed by atoms with Crippen molar-refractivity contribution >= 4 is 16.7 Å². The highest BCUT2D eigenvalue weighted by atomic mass is 16.5. The number of fused-ring (bicyclic) bond motifs is 1. The molecule has 1 aliphatic rings. The maximum absolute atomic E-state index is 12.4. The molecular weight excluding hydrogens is 324 g/mol. The zero-order chi connectivity index (χ0) is 17.8. The molecule has 0 radical (unpaired) electrons. The van der Waals surface area contributed by atoms with Gasteiger partial charge in [0.1, 0.15) is 0 Å². The van der Waals surface area contributed by atoms with E-state index in [1.807, 2.05) is 17.2 Å². The lowest BCUT2D eigenvalue weighted by Gasteiger charge is -2.27. The summed E-state index contributed by atoms with van der Waals surface area (Å²) >= 11 is 0. The van der Waals surface area contributed by atoms with Crippen LogP contribution in [-0.4, -0.2) is 42.1 Å². The van der Waals surface area contributed by atoms with Crippen LogP contribution in [0.5, 0.6) is 0 Å². The van der Waals surface area contributed by atoms with E-state index in [-0.39, 0.29) is 5.91 Å². The smallest absolute Gasteiger partial charge is 0.223 e. The average molecular weight is 346 g/mol. The van der Waals surface area contributed by atoms with Crippen molar-refractivity contribution in [2.75, 3.05) is 26.3 Å². The number of ether oxygens (including phenoxy) is 1. The van der Waals surface area contributed by atoms with Crippen molar-refractivity contribution in [2.24, 2.45) is 0 Å². The molecule has 1 aliphatic heterocycles. The van der Waals surface area contributed by atoms with Crippen LogP contribution in [0.25, 0.3) is 21.9 Å². The largest absolute Gasteiger partial charge is 0.378 e. The number of carbonyl (C=O) groups is 1. The number of amides is 1. The highest BCUT2D eigenvalue weighted by Crippen LogP contribution is 2.27. The highest BCUT2D eigenvalue weighted by molar-refractivity contribution is 5.87. The predicted octanol–water partition coefficient (Wildman–Crippen LogP) is 3.69. The number of hydrogen-bond acceptors (Lipinski definition) is 3. The molecule has 0 N–H and O–H groups in total. The quantitative estimate of drug-likeness (QED) is 0.723.